The molecule has 0 saturated carbocycles. The Bertz CT molecular complexity index is 1500. The molecule has 8 nitrogen and oxygen atoms in total. The van der Waals surface area contributed by atoms with Gasteiger partial charge in [0.1, 0.15) is 5.75 Å². The SMILES string of the molecule is CC(=O)Oc1ccccc1C(=O)Nc1nc(-c2ccccc2NS(=O)(=O)c2ccc(Cl)cc2)cs1. The third kappa shape index (κ3) is 5.86. The number of anilines is 2. The molecule has 1 heterocycles. The van der Waals surface area contributed by atoms with Crippen molar-refractivity contribution in [3.63, 3.8) is 0 Å². The second kappa shape index (κ2) is 10.3. The highest BCUT2D eigenvalue weighted by Crippen LogP contribution is 2.32. The van der Waals surface area contributed by atoms with Crippen molar-refractivity contribution < 1.29 is 22.7 Å². The number of sulfonamides is 1. The first-order chi connectivity index (χ1) is 16.7. The molecule has 4 aromatic rings. The van der Waals surface area contributed by atoms with E-state index < -0.39 is 21.9 Å². The number of halogens is 1. The molecule has 0 fully saturated rings. The number of rotatable bonds is 7. The Labute approximate surface area is 210 Å². The molecule has 178 valence electrons. The fourth-order valence-corrected chi connectivity index (χ4v) is 5.04. The first-order valence-corrected chi connectivity index (χ1v) is 12.9. The van der Waals surface area contributed by atoms with E-state index in [0.29, 0.717) is 22.0 Å². The van der Waals surface area contributed by atoms with E-state index in [9.17, 15) is 18.0 Å². The van der Waals surface area contributed by atoms with Gasteiger partial charge in [-0.2, -0.15) is 0 Å². The molecule has 4 rings (SSSR count). The summed E-state index contributed by atoms with van der Waals surface area (Å²) in [6.45, 7) is 1.25. The van der Waals surface area contributed by atoms with Gasteiger partial charge in [-0.1, -0.05) is 41.9 Å². The Hall–Kier alpha value is -3.73. The molecule has 35 heavy (non-hydrogen) atoms. The van der Waals surface area contributed by atoms with E-state index in [4.69, 9.17) is 16.3 Å². The maximum absolute atomic E-state index is 12.8. The van der Waals surface area contributed by atoms with E-state index >= 15 is 0 Å². The van der Waals surface area contributed by atoms with E-state index in [1.165, 1.54) is 54.7 Å². The molecule has 11 heteroatoms. The van der Waals surface area contributed by atoms with Crippen LogP contribution in [-0.4, -0.2) is 25.3 Å². The first kappa shape index (κ1) is 24.4. The average Bonchev–Trinajstić information content (AvgIpc) is 3.27. The molecule has 0 atom stereocenters. The van der Waals surface area contributed by atoms with E-state index in [-0.39, 0.29) is 21.3 Å². The van der Waals surface area contributed by atoms with E-state index in [2.05, 4.69) is 15.0 Å². The van der Waals surface area contributed by atoms with Gasteiger partial charge in [-0.05, 0) is 42.5 Å². The largest absolute Gasteiger partial charge is 0.426 e. The van der Waals surface area contributed by atoms with Crippen LogP contribution in [0.3, 0.4) is 0 Å². The maximum Gasteiger partial charge on any atom is 0.308 e. The number of hydrogen-bond donors (Lipinski definition) is 2. The number of ether oxygens (including phenoxy) is 1. The average molecular weight is 528 g/mol. The highest BCUT2D eigenvalue weighted by molar-refractivity contribution is 7.92. The molecule has 0 aliphatic heterocycles. The van der Waals surface area contributed by atoms with E-state index in [1.54, 1.807) is 41.8 Å². The highest BCUT2D eigenvalue weighted by atomic mass is 35.5. The Morgan fingerprint density at radius 3 is 2.40 bits per heavy atom. The van der Waals surface area contributed by atoms with Crippen LogP contribution in [-0.2, 0) is 14.8 Å². The predicted molar refractivity (Wildman–Crippen MR) is 136 cm³/mol. The van der Waals surface area contributed by atoms with Crippen LogP contribution in [0.15, 0.2) is 83.1 Å². The molecule has 1 amide bonds. The van der Waals surface area contributed by atoms with Gasteiger partial charge in [0.2, 0.25) is 0 Å². The van der Waals surface area contributed by atoms with Crippen molar-refractivity contribution in [3.05, 3.63) is 88.8 Å². The summed E-state index contributed by atoms with van der Waals surface area (Å²) in [5.41, 5.74) is 1.50. The zero-order chi connectivity index (χ0) is 25.0. The molecule has 1 aromatic heterocycles. The fraction of sp³-hybridized carbons (Fsp3) is 0.0417. The minimum absolute atomic E-state index is 0.0642. The van der Waals surface area contributed by atoms with Crippen LogP contribution in [0.4, 0.5) is 10.8 Å². The second-order valence-electron chi connectivity index (χ2n) is 7.19. The summed E-state index contributed by atoms with van der Waals surface area (Å²) < 4.78 is 33.4. The number of nitrogens with zero attached hydrogens (tertiary/aromatic N) is 1. The van der Waals surface area contributed by atoms with Gasteiger partial charge >= 0.3 is 5.97 Å². The minimum atomic E-state index is -3.87. The Morgan fingerprint density at radius 1 is 0.971 bits per heavy atom. The number of para-hydroxylation sites is 2. The third-order valence-corrected chi connectivity index (χ3v) is 7.07. The number of amides is 1. The lowest BCUT2D eigenvalue weighted by atomic mass is 10.1. The zero-order valence-electron chi connectivity index (χ0n) is 18.2. The van der Waals surface area contributed by atoms with Crippen molar-refractivity contribution in [2.45, 2.75) is 11.8 Å². The summed E-state index contributed by atoms with van der Waals surface area (Å²) >= 11 is 7.03. The summed E-state index contributed by atoms with van der Waals surface area (Å²) in [5.74, 6) is -0.907. The number of aromatic nitrogens is 1. The summed E-state index contributed by atoms with van der Waals surface area (Å²) in [4.78, 5) is 28.6. The van der Waals surface area contributed by atoms with E-state index in [0.717, 1.165) is 0 Å². The predicted octanol–water partition coefficient (Wildman–Crippen LogP) is 5.44. The van der Waals surface area contributed by atoms with Gasteiger partial charge in [0.05, 0.1) is 21.8 Å². The van der Waals surface area contributed by atoms with Gasteiger partial charge in [0.15, 0.2) is 5.13 Å². The van der Waals surface area contributed by atoms with Gasteiger partial charge < -0.3 is 4.74 Å². The van der Waals surface area contributed by atoms with Crippen molar-refractivity contribution in [1.82, 2.24) is 4.98 Å². The Morgan fingerprint density at radius 2 is 1.66 bits per heavy atom. The molecule has 0 radical (unpaired) electrons. The van der Waals surface area contributed by atoms with Crippen LogP contribution in [0.2, 0.25) is 5.02 Å². The molecule has 0 aliphatic carbocycles. The van der Waals surface area contributed by atoms with Crippen LogP contribution in [0.25, 0.3) is 11.3 Å². The van der Waals surface area contributed by atoms with Crippen molar-refractivity contribution in [3.8, 4) is 17.0 Å². The normalized spacial score (nSPS) is 11.0. The zero-order valence-corrected chi connectivity index (χ0v) is 20.6. The summed E-state index contributed by atoms with van der Waals surface area (Å²) in [7, 11) is -3.87. The summed E-state index contributed by atoms with van der Waals surface area (Å²) in [6, 6.07) is 19.0. The fourth-order valence-electron chi connectivity index (χ4n) is 3.13. The Kier molecular flexibility index (Phi) is 7.15. The number of esters is 1. The molecule has 0 unspecified atom stereocenters. The standard InChI is InChI=1S/C24H18ClN3O5S2/c1-15(29)33-22-9-5-3-7-19(22)23(30)27-24-26-21(14-34-24)18-6-2-4-8-20(18)28-35(31,32)17-12-10-16(25)11-13-17/h2-14,28H,1H3,(H,26,27,30). The van der Waals surface area contributed by atoms with Crippen LogP contribution < -0.4 is 14.8 Å². The quantitative estimate of drug-likeness (QED) is 0.244. The van der Waals surface area contributed by atoms with Crippen LogP contribution in [0.1, 0.15) is 17.3 Å². The third-order valence-electron chi connectivity index (χ3n) is 4.68. The smallest absolute Gasteiger partial charge is 0.308 e. The van der Waals surface area contributed by atoms with Crippen molar-refractivity contribution in [2.75, 3.05) is 10.0 Å². The second-order valence-corrected chi connectivity index (χ2v) is 10.2. The maximum atomic E-state index is 12.8. The number of carbonyl (C=O) groups is 2. The monoisotopic (exact) mass is 527 g/mol. The number of thiazole rings is 1. The Balaban J connectivity index is 1.57. The summed E-state index contributed by atoms with van der Waals surface area (Å²) in [5, 5.41) is 5.10. The molecular weight excluding hydrogens is 510 g/mol. The van der Waals surface area contributed by atoms with Gasteiger partial charge in [-0.3, -0.25) is 19.6 Å². The topological polar surface area (TPSA) is 114 Å². The minimum Gasteiger partial charge on any atom is -0.426 e. The van der Waals surface area contributed by atoms with Crippen molar-refractivity contribution in [1.29, 1.82) is 0 Å². The van der Waals surface area contributed by atoms with E-state index in [1.807, 2.05) is 0 Å². The lowest BCUT2D eigenvalue weighted by molar-refractivity contribution is -0.131. The van der Waals surface area contributed by atoms with Crippen LogP contribution in [0, 0.1) is 0 Å². The molecule has 0 bridgehead atoms. The molecule has 0 saturated heterocycles. The number of nitrogens with one attached hydrogen (secondary N) is 2. The highest BCUT2D eigenvalue weighted by Gasteiger charge is 2.19. The van der Waals surface area contributed by atoms with Gasteiger partial charge in [-0.25, -0.2) is 13.4 Å². The van der Waals surface area contributed by atoms with Crippen LogP contribution in [0.5, 0.6) is 5.75 Å². The summed E-state index contributed by atoms with van der Waals surface area (Å²) in [6.07, 6.45) is 0. The number of benzene rings is 3. The molecular formula is C24H18ClN3O5S2. The lowest BCUT2D eigenvalue weighted by Crippen LogP contribution is -2.15. The van der Waals surface area contributed by atoms with Crippen molar-refractivity contribution in [2.24, 2.45) is 0 Å². The molecule has 0 aliphatic rings. The van der Waals surface area contributed by atoms with Crippen LogP contribution >= 0.6 is 22.9 Å². The first-order valence-electron chi connectivity index (χ1n) is 10.1. The van der Waals surface area contributed by atoms with Crippen molar-refractivity contribution >= 4 is 55.7 Å². The number of carbonyl (C=O) groups excluding carboxylic acids is 2. The van der Waals surface area contributed by atoms with Gasteiger partial charge in [0.25, 0.3) is 15.9 Å². The van der Waals surface area contributed by atoms with Gasteiger partial charge in [-0.15, -0.1) is 11.3 Å². The lowest BCUT2D eigenvalue weighted by Gasteiger charge is -2.11. The molecule has 0 spiro atoms. The number of hydrogen-bond acceptors (Lipinski definition) is 7. The molecule has 2 N–H and O–H groups in total. The van der Waals surface area contributed by atoms with Gasteiger partial charge in [0, 0.05) is 22.9 Å². The molecule has 3 aromatic carbocycles.